The smallest absolute Gasteiger partial charge is 0.147 e. The van der Waals surface area contributed by atoms with Crippen LogP contribution in [-0.4, -0.2) is 24.6 Å². The van der Waals surface area contributed by atoms with E-state index in [-0.39, 0.29) is 22.3 Å². The molecule has 3 heteroatoms. The van der Waals surface area contributed by atoms with Gasteiger partial charge in [-0.05, 0) is 0 Å². The molecule has 0 aliphatic heterocycles. The third kappa shape index (κ3) is 10.7. The fourth-order valence-corrected chi connectivity index (χ4v) is 7.68. The van der Waals surface area contributed by atoms with Crippen molar-refractivity contribution in [3.8, 4) is 0 Å². The van der Waals surface area contributed by atoms with Crippen LogP contribution in [0.3, 0.4) is 0 Å². The molecule has 0 aromatic carbocycles. The first-order chi connectivity index (χ1) is 7.24. The normalized spacial score (nSPS) is 11.5. The molecule has 0 nitrogen and oxygen atoms in total. The van der Waals surface area contributed by atoms with Crippen LogP contribution in [0.15, 0.2) is 0 Å². The molecule has 0 aliphatic rings. The van der Waals surface area contributed by atoms with Gasteiger partial charge in [-0.2, -0.15) is 9.90 Å². The third-order valence-corrected chi connectivity index (χ3v) is 9.67. The molecule has 0 amide bonds. The van der Waals surface area contributed by atoms with E-state index in [1.54, 1.807) is 18.5 Å². The molecular formula is C14H37ClP2. The zero-order valence-corrected chi connectivity index (χ0v) is 15.9. The van der Waals surface area contributed by atoms with Gasteiger partial charge >= 0.3 is 98.1 Å². The zero-order chi connectivity index (χ0) is 11.6. The Kier molecular flexibility index (Phi) is 20.8. The minimum Gasteiger partial charge on any atom is -0.153 e. The van der Waals surface area contributed by atoms with Gasteiger partial charge in [-0.1, -0.05) is 0 Å². The van der Waals surface area contributed by atoms with Gasteiger partial charge in [-0.3, -0.25) is 0 Å². The van der Waals surface area contributed by atoms with E-state index < -0.39 is 7.26 Å². The summed E-state index contributed by atoms with van der Waals surface area (Å²) in [5.41, 5.74) is 0. The molecule has 0 spiro atoms. The second kappa shape index (κ2) is 15.2. The molecule has 110 valence electrons. The number of rotatable bonds is 10. The molecule has 0 aromatic rings. The molecule has 0 N–H and O–H groups in total. The Hall–Kier alpha value is 1.15. The van der Waals surface area contributed by atoms with E-state index in [4.69, 9.17) is 0 Å². The van der Waals surface area contributed by atoms with Crippen molar-refractivity contribution in [3.05, 3.63) is 0 Å². The monoisotopic (exact) mass is 302 g/mol. The summed E-state index contributed by atoms with van der Waals surface area (Å²) < 4.78 is 0. The molecule has 1 atom stereocenters. The number of hydrogen-bond acceptors (Lipinski definition) is 0. The molecular weight excluding hydrogens is 266 g/mol. The van der Waals surface area contributed by atoms with E-state index in [2.05, 4.69) is 27.7 Å². The Morgan fingerprint density at radius 2 is 0.941 bits per heavy atom. The van der Waals surface area contributed by atoms with E-state index in [0.29, 0.717) is 0 Å². The minimum absolute atomic E-state index is 0. The molecule has 1 unspecified atom stereocenters. The van der Waals surface area contributed by atoms with Crippen LogP contribution in [0.1, 0.15) is 66.2 Å². The maximum atomic E-state index is 2.47. The molecule has 0 saturated carbocycles. The van der Waals surface area contributed by atoms with Crippen molar-refractivity contribution in [1.82, 2.24) is 0 Å². The molecule has 0 heterocycles. The van der Waals surface area contributed by atoms with Crippen LogP contribution in [0, 0.1) is 0 Å². The average Bonchev–Trinajstić information content (AvgIpc) is 2.29. The van der Waals surface area contributed by atoms with Gasteiger partial charge in [0.15, 0.2) is 0 Å². The van der Waals surface area contributed by atoms with E-state index >= 15 is 0 Å². The summed E-state index contributed by atoms with van der Waals surface area (Å²) in [6.07, 6.45) is 15.0. The first-order valence-electron chi connectivity index (χ1n) is 7.24. The summed E-state index contributed by atoms with van der Waals surface area (Å²) in [4.78, 5) is 0. The second-order valence-corrected chi connectivity index (χ2v) is 10.4. The standard InChI is InChI=1S/C14H33P.ClH.H3P/c1-5-9-12-15(8-4,13-10-6-2)14-11-7-3;;/h15H,5-14H2,1-4H3;1H;1H3. The van der Waals surface area contributed by atoms with Crippen molar-refractivity contribution in [2.24, 2.45) is 0 Å². The van der Waals surface area contributed by atoms with Gasteiger partial charge in [0.25, 0.3) is 0 Å². The van der Waals surface area contributed by atoms with Crippen molar-refractivity contribution in [2.75, 3.05) is 24.6 Å². The summed E-state index contributed by atoms with van der Waals surface area (Å²) >= 11 is 0. The van der Waals surface area contributed by atoms with E-state index in [9.17, 15) is 0 Å². The van der Waals surface area contributed by atoms with Crippen LogP contribution >= 0.6 is 29.6 Å². The summed E-state index contributed by atoms with van der Waals surface area (Å²) in [6, 6.07) is 0. The van der Waals surface area contributed by atoms with Crippen molar-refractivity contribution in [2.45, 2.75) is 66.2 Å². The van der Waals surface area contributed by atoms with Gasteiger partial charge in [0, 0.05) is 0 Å². The minimum atomic E-state index is -0.832. The largest absolute Gasteiger partial charge is 0.153 e. The first-order valence-corrected chi connectivity index (χ1v) is 10.1. The third-order valence-electron chi connectivity index (χ3n) is 3.93. The Morgan fingerprint density at radius 1 is 0.647 bits per heavy atom. The SMILES string of the molecule is CCCC[PH](CC)(CCCC)CCCC.Cl.P. The number of halogens is 1. The van der Waals surface area contributed by atoms with Gasteiger partial charge in [0.05, 0.1) is 0 Å². The molecule has 0 aliphatic carbocycles. The molecule has 0 bridgehead atoms. The first kappa shape index (κ1) is 23.3. The summed E-state index contributed by atoms with van der Waals surface area (Å²) in [5.74, 6) is 0. The van der Waals surface area contributed by atoms with Crippen molar-refractivity contribution in [3.63, 3.8) is 0 Å². The van der Waals surface area contributed by atoms with Crippen molar-refractivity contribution >= 4 is 29.6 Å². The summed E-state index contributed by atoms with van der Waals surface area (Å²) in [7, 11) is -0.832. The predicted octanol–water partition coefficient (Wildman–Crippen LogP) is 5.64. The van der Waals surface area contributed by atoms with Gasteiger partial charge in [0.1, 0.15) is 0 Å². The van der Waals surface area contributed by atoms with Crippen LogP contribution in [0.2, 0.25) is 0 Å². The quantitative estimate of drug-likeness (QED) is 0.458. The fourth-order valence-electron chi connectivity index (χ4n) is 2.56. The zero-order valence-electron chi connectivity index (χ0n) is 12.7. The van der Waals surface area contributed by atoms with Crippen LogP contribution in [0.25, 0.3) is 0 Å². The van der Waals surface area contributed by atoms with E-state index in [1.165, 1.54) is 44.7 Å². The van der Waals surface area contributed by atoms with Gasteiger partial charge in [0.2, 0.25) is 0 Å². The predicted molar refractivity (Wildman–Crippen MR) is 96.5 cm³/mol. The number of hydrogen-bond donors (Lipinski definition) is 0. The maximum absolute atomic E-state index is 2.47. The van der Waals surface area contributed by atoms with Crippen molar-refractivity contribution in [1.29, 1.82) is 0 Å². The topological polar surface area (TPSA) is 0 Å². The van der Waals surface area contributed by atoms with Gasteiger partial charge in [-0.25, -0.2) is 0 Å². The Labute approximate surface area is 120 Å². The molecule has 0 aromatic heterocycles. The second-order valence-electron chi connectivity index (χ2n) is 5.16. The van der Waals surface area contributed by atoms with E-state index in [0.717, 1.165) is 0 Å². The van der Waals surface area contributed by atoms with Crippen molar-refractivity contribution < 1.29 is 0 Å². The number of unbranched alkanes of at least 4 members (excludes halogenated alkanes) is 3. The van der Waals surface area contributed by atoms with Gasteiger partial charge < -0.3 is 0 Å². The molecule has 0 radical (unpaired) electrons. The van der Waals surface area contributed by atoms with Crippen LogP contribution in [0.4, 0.5) is 0 Å². The summed E-state index contributed by atoms with van der Waals surface area (Å²) in [6.45, 7) is 9.49. The Morgan fingerprint density at radius 3 is 1.12 bits per heavy atom. The fraction of sp³-hybridized carbons (Fsp3) is 1.00. The average molecular weight is 303 g/mol. The van der Waals surface area contributed by atoms with Crippen LogP contribution in [-0.2, 0) is 0 Å². The Bertz CT molecular complexity index is 118. The molecule has 0 saturated heterocycles. The van der Waals surface area contributed by atoms with E-state index in [1.807, 2.05) is 0 Å². The van der Waals surface area contributed by atoms with Crippen LogP contribution < -0.4 is 0 Å². The van der Waals surface area contributed by atoms with Crippen LogP contribution in [0.5, 0.6) is 0 Å². The molecule has 0 fully saturated rings. The maximum Gasteiger partial charge on any atom is -0.147 e. The molecule has 0 rings (SSSR count). The molecule has 17 heavy (non-hydrogen) atoms. The summed E-state index contributed by atoms with van der Waals surface area (Å²) in [5, 5.41) is 0. The Balaban J connectivity index is -0.000000980. The van der Waals surface area contributed by atoms with Gasteiger partial charge in [-0.15, -0.1) is 12.4 Å².